The molecule has 3 N–H and O–H groups in total. The van der Waals surface area contributed by atoms with Crippen molar-refractivity contribution in [1.82, 2.24) is 20.8 Å². The average molecular weight is 424 g/mol. The molecule has 0 atom stereocenters. The second-order valence-electron chi connectivity index (χ2n) is 6.39. The van der Waals surface area contributed by atoms with E-state index in [1.165, 1.54) is 19.2 Å². The third kappa shape index (κ3) is 5.66. The van der Waals surface area contributed by atoms with Crippen molar-refractivity contribution in [2.24, 2.45) is 0 Å². The summed E-state index contributed by atoms with van der Waals surface area (Å²) < 4.78 is 9.82. The zero-order valence-electron chi connectivity index (χ0n) is 16.6. The highest BCUT2D eigenvalue weighted by atomic mass is 16.5. The third-order valence-electron chi connectivity index (χ3n) is 4.27. The van der Waals surface area contributed by atoms with E-state index in [1.54, 1.807) is 30.3 Å². The van der Waals surface area contributed by atoms with Crippen LogP contribution in [0.5, 0.6) is 5.75 Å². The minimum atomic E-state index is -0.763. The molecule has 0 unspecified atom stereocenters. The standard InChI is InChI=1S/C21H20N4O6/c1-30-14-8-6-13(7-9-14)20(28)23-17(26)12-31-18(27)10-11-22-21(29)19-15-4-2-3-5-16(15)24-25-19/h2-9H,10-12H2,1H3,(H,22,29)(H,24,25)(H,23,26,28). The van der Waals surface area contributed by atoms with Crippen LogP contribution in [0.4, 0.5) is 0 Å². The van der Waals surface area contributed by atoms with Gasteiger partial charge < -0.3 is 14.8 Å². The average Bonchev–Trinajstić information content (AvgIpc) is 3.22. The van der Waals surface area contributed by atoms with Crippen LogP contribution in [0.25, 0.3) is 10.9 Å². The van der Waals surface area contributed by atoms with Gasteiger partial charge in [0.05, 0.1) is 19.0 Å². The number of aromatic amines is 1. The highest BCUT2D eigenvalue weighted by molar-refractivity contribution is 6.05. The van der Waals surface area contributed by atoms with E-state index < -0.39 is 30.3 Å². The number of para-hydroxylation sites is 1. The van der Waals surface area contributed by atoms with E-state index in [1.807, 2.05) is 6.07 Å². The molecule has 2 aromatic carbocycles. The first-order valence-corrected chi connectivity index (χ1v) is 9.33. The lowest BCUT2D eigenvalue weighted by molar-refractivity contribution is -0.148. The Balaban J connectivity index is 1.38. The van der Waals surface area contributed by atoms with Gasteiger partial charge in [0, 0.05) is 17.5 Å². The summed E-state index contributed by atoms with van der Waals surface area (Å²) in [6, 6.07) is 13.3. The molecule has 3 aromatic rings. The van der Waals surface area contributed by atoms with Gasteiger partial charge in [-0.05, 0) is 30.3 Å². The molecule has 0 saturated carbocycles. The molecular formula is C21H20N4O6. The van der Waals surface area contributed by atoms with Crippen LogP contribution in [-0.2, 0) is 14.3 Å². The number of hydrogen-bond donors (Lipinski definition) is 3. The molecule has 160 valence electrons. The number of benzene rings is 2. The second-order valence-corrected chi connectivity index (χ2v) is 6.39. The van der Waals surface area contributed by atoms with E-state index >= 15 is 0 Å². The molecule has 1 heterocycles. The normalized spacial score (nSPS) is 10.4. The predicted octanol–water partition coefficient (Wildman–Crippen LogP) is 1.19. The van der Waals surface area contributed by atoms with Gasteiger partial charge in [-0.3, -0.25) is 29.6 Å². The first kappa shape index (κ1) is 21.5. The summed E-state index contributed by atoms with van der Waals surface area (Å²) >= 11 is 0. The fourth-order valence-corrected chi connectivity index (χ4v) is 2.69. The molecule has 0 fully saturated rings. The topological polar surface area (TPSA) is 139 Å². The van der Waals surface area contributed by atoms with Crippen molar-refractivity contribution in [2.75, 3.05) is 20.3 Å². The van der Waals surface area contributed by atoms with Crippen LogP contribution in [-0.4, -0.2) is 54.1 Å². The smallest absolute Gasteiger partial charge is 0.308 e. The van der Waals surface area contributed by atoms with Crippen molar-refractivity contribution in [3.05, 3.63) is 59.8 Å². The molecule has 0 aliphatic heterocycles. The largest absolute Gasteiger partial charge is 0.497 e. The minimum Gasteiger partial charge on any atom is -0.497 e. The zero-order chi connectivity index (χ0) is 22.2. The first-order chi connectivity index (χ1) is 15.0. The molecule has 3 amide bonds. The van der Waals surface area contributed by atoms with E-state index in [2.05, 4.69) is 20.8 Å². The molecule has 0 saturated heterocycles. The summed E-state index contributed by atoms with van der Waals surface area (Å²) in [7, 11) is 1.50. The van der Waals surface area contributed by atoms with Gasteiger partial charge >= 0.3 is 5.97 Å². The van der Waals surface area contributed by atoms with Gasteiger partial charge in [0.25, 0.3) is 17.7 Å². The Bertz CT molecular complexity index is 1110. The molecule has 10 heteroatoms. The Hall–Kier alpha value is -4.21. The number of amides is 3. The maximum absolute atomic E-state index is 12.2. The number of esters is 1. The van der Waals surface area contributed by atoms with Gasteiger partial charge in [0.2, 0.25) is 0 Å². The van der Waals surface area contributed by atoms with Crippen LogP contribution in [0.3, 0.4) is 0 Å². The lowest BCUT2D eigenvalue weighted by Gasteiger charge is -2.07. The van der Waals surface area contributed by atoms with Crippen LogP contribution in [0.1, 0.15) is 27.3 Å². The van der Waals surface area contributed by atoms with E-state index in [0.29, 0.717) is 11.1 Å². The number of H-pyrrole nitrogens is 1. The zero-order valence-corrected chi connectivity index (χ0v) is 16.6. The number of aromatic nitrogens is 2. The van der Waals surface area contributed by atoms with Gasteiger partial charge in [-0.2, -0.15) is 5.10 Å². The molecule has 0 aliphatic carbocycles. The SMILES string of the molecule is COc1ccc(C(=O)NC(=O)COC(=O)CCNC(=O)c2n[nH]c3ccccc23)cc1. The number of imide groups is 1. The van der Waals surface area contributed by atoms with E-state index in [9.17, 15) is 19.2 Å². The molecule has 10 nitrogen and oxygen atoms in total. The van der Waals surface area contributed by atoms with Crippen molar-refractivity contribution in [3.8, 4) is 5.75 Å². The summed E-state index contributed by atoms with van der Waals surface area (Å²) in [4.78, 5) is 47.8. The molecular weight excluding hydrogens is 404 g/mol. The maximum Gasteiger partial charge on any atom is 0.308 e. The molecule has 31 heavy (non-hydrogen) atoms. The number of nitrogens with zero attached hydrogens (tertiary/aromatic N) is 1. The first-order valence-electron chi connectivity index (χ1n) is 9.33. The van der Waals surface area contributed by atoms with Crippen LogP contribution in [0.15, 0.2) is 48.5 Å². The summed E-state index contributed by atoms with van der Waals surface area (Å²) in [5.74, 6) is -1.94. The van der Waals surface area contributed by atoms with Crippen molar-refractivity contribution >= 4 is 34.6 Å². The lowest BCUT2D eigenvalue weighted by atomic mass is 10.2. The van der Waals surface area contributed by atoms with Crippen LogP contribution in [0.2, 0.25) is 0 Å². The van der Waals surface area contributed by atoms with Crippen molar-refractivity contribution in [1.29, 1.82) is 0 Å². The molecule has 0 bridgehead atoms. The number of hydrogen-bond acceptors (Lipinski definition) is 7. The molecule has 3 rings (SSSR count). The van der Waals surface area contributed by atoms with E-state index in [0.717, 1.165) is 5.52 Å². The maximum atomic E-state index is 12.2. The fourth-order valence-electron chi connectivity index (χ4n) is 2.69. The summed E-state index contributed by atoms with van der Waals surface area (Å²) in [5.41, 5.74) is 1.21. The van der Waals surface area contributed by atoms with E-state index in [-0.39, 0.29) is 24.2 Å². The van der Waals surface area contributed by atoms with E-state index in [4.69, 9.17) is 9.47 Å². The Morgan fingerprint density at radius 3 is 2.48 bits per heavy atom. The Morgan fingerprint density at radius 1 is 1.00 bits per heavy atom. The summed E-state index contributed by atoms with van der Waals surface area (Å²) in [6.45, 7) is -0.607. The second kappa shape index (κ2) is 10.0. The summed E-state index contributed by atoms with van der Waals surface area (Å²) in [5, 5.41) is 12.1. The number of nitrogens with one attached hydrogen (secondary N) is 3. The third-order valence-corrected chi connectivity index (χ3v) is 4.27. The Kier molecular flexibility index (Phi) is 6.94. The number of fused-ring (bicyclic) bond motifs is 1. The van der Waals surface area contributed by atoms with Crippen molar-refractivity contribution in [2.45, 2.75) is 6.42 Å². The predicted molar refractivity (Wildman–Crippen MR) is 109 cm³/mol. The highest BCUT2D eigenvalue weighted by Crippen LogP contribution is 2.14. The molecule has 1 aromatic heterocycles. The molecule has 0 aliphatic rings. The molecule has 0 spiro atoms. The quantitative estimate of drug-likeness (QED) is 0.462. The summed E-state index contributed by atoms with van der Waals surface area (Å²) in [6.07, 6.45) is -0.145. The number of ether oxygens (including phenoxy) is 2. The lowest BCUT2D eigenvalue weighted by Crippen LogP contribution is -2.34. The van der Waals surface area contributed by atoms with Gasteiger partial charge in [-0.1, -0.05) is 18.2 Å². The fraction of sp³-hybridized carbons (Fsp3) is 0.190. The molecule has 0 radical (unpaired) electrons. The number of rotatable bonds is 8. The van der Waals surface area contributed by atoms with Crippen LogP contribution >= 0.6 is 0 Å². The van der Waals surface area contributed by atoms with Gasteiger partial charge in [-0.15, -0.1) is 0 Å². The van der Waals surface area contributed by atoms with Crippen molar-refractivity contribution < 1.29 is 28.7 Å². The van der Waals surface area contributed by atoms with Gasteiger partial charge in [0.1, 0.15) is 5.75 Å². The monoisotopic (exact) mass is 424 g/mol. The Labute approximate surface area is 176 Å². The van der Waals surface area contributed by atoms with Crippen molar-refractivity contribution in [3.63, 3.8) is 0 Å². The van der Waals surface area contributed by atoms with Crippen LogP contribution < -0.4 is 15.4 Å². The minimum absolute atomic E-state index is 0.00521. The number of carbonyl (C=O) groups excluding carboxylic acids is 4. The van der Waals surface area contributed by atoms with Gasteiger partial charge in [0.15, 0.2) is 12.3 Å². The van der Waals surface area contributed by atoms with Crippen LogP contribution in [0, 0.1) is 0 Å². The number of methoxy groups -OCH3 is 1. The number of carbonyl (C=O) groups is 4. The van der Waals surface area contributed by atoms with Gasteiger partial charge in [-0.25, -0.2) is 0 Å². The highest BCUT2D eigenvalue weighted by Gasteiger charge is 2.15. The Morgan fingerprint density at radius 2 is 1.74 bits per heavy atom.